The Kier molecular flexibility index (Phi) is 2.29. The van der Waals surface area contributed by atoms with Crippen molar-refractivity contribution in [3.05, 3.63) is 35.2 Å². The summed E-state index contributed by atoms with van der Waals surface area (Å²) < 4.78 is 1.87. The van der Waals surface area contributed by atoms with Crippen LogP contribution >= 0.6 is 0 Å². The van der Waals surface area contributed by atoms with E-state index in [1.54, 1.807) is 6.33 Å². The molecule has 2 unspecified atom stereocenters. The number of hydrogen-bond donors (Lipinski definition) is 2. The number of fused-ring (bicyclic) bond motifs is 1. The molecule has 2 aromatic heterocycles. The molecule has 0 spiro atoms. The molecule has 0 saturated carbocycles. The van der Waals surface area contributed by atoms with Crippen LogP contribution in [-0.2, 0) is 0 Å². The van der Waals surface area contributed by atoms with E-state index >= 15 is 0 Å². The third-order valence-corrected chi connectivity index (χ3v) is 3.11. The summed E-state index contributed by atoms with van der Waals surface area (Å²) >= 11 is 0. The maximum Gasteiger partial charge on any atom is 0.278 e. The van der Waals surface area contributed by atoms with Gasteiger partial charge in [-0.1, -0.05) is 12.2 Å². The lowest BCUT2D eigenvalue weighted by Gasteiger charge is -2.11. The van der Waals surface area contributed by atoms with E-state index in [0.29, 0.717) is 11.2 Å². The highest BCUT2D eigenvalue weighted by Crippen LogP contribution is 2.28. The standard InChI is InChI=1S/C11H12N4O2/c16-4-7-1-2-8(3-7)15-6-14-9-10(15)12-5-13-11(9)17/h1-2,5-8,16H,3-4H2,(H,12,13,17). The van der Waals surface area contributed by atoms with Crippen LogP contribution in [-0.4, -0.2) is 31.2 Å². The highest BCUT2D eigenvalue weighted by molar-refractivity contribution is 5.69. The van der Waals surface area contributed by atoms with E-state index in [-0.39, 0.29) is 24.1 Å². The molecule has 6 nitrogen and oxygen atoms in total. The Balaban J connectivity index is 2.05. The van der Waals surface area contributed by atoms with Gasteiger partial charge < -0.3 is 14.7 Å². The largest absolute Gasteiger partial charge is 0.396 e. The Morgan fingerprint density at radius 2 is 2.35 bits per heavy atom. The van der Waals surface area contributed by atoms with Gasteiger partial charge in [0, 0.05) is 12.5 Å². The van der Waals surface area contributed by atoms with Crippen molar-refractivity contribution in [2.45, 2.75) is 12.5 Å². The molecule has 0 saturated heterocycles. The highest BCUT2D eigenvalue weighted by Gasteiger charge is 2.21. The first-order valence-corrected chi connectivity index (χ1v) is 5.49. The van der Waals surface area contributed by atoms with Crippen LogP contribution in [0.25, 0.3) is 11.2 Å². The molecule has 3 rings (SSSR count). The van der Waals surface area contributed by atoms with E-state index < -0.39 is 0 Å². The third-order valence-electron chi connectivity index (χ3n) is 3.11. The van der Waals surface area contributed by atoms with E-state index in [2.05, 4.69) is 15.0 Å². The maximum atomic E-state index is 11.5. The van der Waals surface area contributed by atoms with Crippen molar-refractivity contribution in [2.24, 2.45) is 5.92 Å². The normalized spacial score (nSPS) is 23.6. The second-order valence-electron chi connectivity index (χ2n) is 4.19. The van der Waals surface area contributed by atoms with Crippen LogP contribution in [0.4, 0.5) is 0 Å². The second kappa shape index (κ2) is 3.81. The van der Waals surface area contributed by atoms with Crippen molar-refractivity contribution in [2.75, 3.05) is 6.61 Å². The molecule has 88 valence electrons. The monoisotopic (exact) mass is 232 g/mol. The van der Waals surface area contributed by atoms with E-state index in [0.717, 1.165) is 6.42 Å². The van der Waals surface area contributed by atoms with Gasteiger partial charge in [-0.15, -0.1) is 0 Å². The molecule has 2 heterocycles. The minimum Gasteiger partial charge on any atom is -0.396 e. The molecule has 0 fully saturated rings. The molecule has 2 N–H and O–H groups in total. The Bertz CT molecular complexity index is 628. The first-order chi connectivity index (χ1) is 8.29. The average molecular weight is 232 g/mol. The van der Waals surface area contributed by atoms with Crippen LogP contribution < -0.4 is 5.56 Å². The third kappa shape index (κ3) is 1.57. The number of allylic oxidation sites excluding steroid dienone is 1. The van der Waals surface area contributed by atoms with Gasteiger partial charge in [-0.25, -0.2) is 9.97 Å². The number of aliphatic hydroxyl groups is 1. The smallest absolute Gasteiger partial charge is 0.278 e. The quantitative estimate of drug-likeness (QED) is 0.726. The number of imidazole rings is 1. The van der Waals surface area contributed by atoms with Crippen molar-refractivity contribution < 1.29 is 5.11 Å². The van der Waals surface area contributed by atoms with E-state index in [1.807, 2.05) is 16.7 Å². The zero-order valence-corrected chi connectivity index (χ0v) is 9.08. The van der Waals surface area contributed by atoms with Gasteiger partial charge in [0.25, 0.3) is 5.56 Å². The fourth-order valence-electron chi connectivity index (χ4n) is 2.20. The number of aromatic amines is 1. The number of aromatic nitrogens is 4. The molecule has 0 bridgehead atoms. The summed E-state index contributed by atoms with van der Waals surface area (Å²) in [5.74, 6) is 0.180. The van der Waals surface area contributed by atoms with Crippen LogP contribution in [0.5, 0.6) is 0 Å². The molecule has 2 atom stereocenters. The topological polar surface area (TPSA) is 83.8 Å². The molecule has 2 aromatic rings. The van der Waals surface area contributed by atoms with E-state index in [4.69, 9.17) is 5.11 Å². The van der Waals surface area contributed by atoms with Crippen LogP contribution in [0.15, 0.2) is 29.6 Å². The summed E-state index contributed by atoms with van der Waals surface area (Å²) in [5, 5.41) is 9.09. The number of rotatable bonds is 2. The van der Waals surface area contributed by atoms with Gasteiger partial charge in [0.1, 0.15) is 0 Å². The average Bonchev–Trinajstić information content (AvgIpc) is 2.94. The van der Waals surface area contributed by atoms with Gasteiger partial charge in [0.2, 0.25) is 0 Å². The number of aliphatic hydroxyl groups excluding tert-OH is 1. The summed E-state index contributed by atoms with van der Waals surface area (Å²) in [6.45, 7) is 0.146. The molecule has 17 heavy (non-hydrogen) atoms. The van der Waals surface area contributed by atoms with Crippen LogP contribution in [0.2, 0.25) is 0 Å². The Hall–Kier alpha value is -1.95. The predicted molar refractivity (Wildman–Crippen MR) is 61.5 cm³/mol. The number of nitrogens with one attached hydrogen (secondary N) is 1. The zero-order valence-electron chi connectivity index (χ0n) is 9.08. The molecule has 1 aliphatic carbocycles. The molecule has 0 aliphatic heterocycles. The second-order valence-corrected chi connectivity index (χ2v) is 4.19. The van der Waals surface area contributed by atoms with Gasteiger partial charge in [-0.3, -0.25) is 4.79 Å². The Morgan fingerprint density at radius 1 is 1.47 bits per heavy atom. The van der Waals surface area contributed by atoms with E-state index in [9.17, 15) is 4.79 Å². The van der Waals surface area contributed by atoms with E-state index in [1.165, 1.54) is 6.33 Å². The van der Waals surface area contributed by atoms with Crippen LogP contribution in [0, 0.1) is 5.92 Å². The summed E-state index contributed by atoms with van der Waals surface area (Å²) in [5.41, 5.74) is 0.713. The van der Waals surface area contributed by atoms with Crippen LogP contribution in [0.1, 0.15) is 12.5 Å². The van der Waals surface area contributed by atoms with Gasteiger partial charge in [0.15, 0.2) is 11.2 Å². The van der Waals surface area contributed by atoms with Crippen molar-refractivity contribution in [1.29, 1.82) is 0 Å². The number of nitrogens with zero attached hydrogens (tertiary/aromatic N) is 3. The highest BCUT2D eigenvalue weighted by atomic mass is 16.3. The van der Waals surface area contributed by atoms with Crippen molar-refractivity contribution in [1.82, 2.24) is 19.5 Å². The first-order valence-electron chi connectivity index (χ1n) is 5.49. The lowest BCUT2D eigenvalue weighted by atomic mass is 10.1. The minimum absolute atomic E-state index is 0.117. The van der Waals surface area contributed by atoms with Crippen molar-refractivity contribution >= 4 is 11.2 Å². The molecule has 6 heteroatoms. The molecular weight excluding hydrogens is 220 g/mol. The molecule has 0 amide bonds. The zero-order chi connectivity index (χ0) is 11.8. The Labute approximate surface area is 96.6 Å². The minimum atomic E-state index is -0.227. The van der Waals surface area contributed by atoms with Crippen molar-refractivity contribution in [3.8, 4) is 0 Å². The number of hydrogen-bond acceptors (Lipinski definition) is 4. The summed E-state index contributed by atoms with van der Waals surface area (Å²) in [6, 6.07) is 0.117. The molecule has 1 aliphatic rings. The Morgan fingerprint density at radius 3 is 3.12 bits per heavy atom. The van der Waals surface area contributed by atoms with Gasteiger partial charge >= 0.3 is 0 Å². The van der Waals surface area contributed by atoms with Crippen LogP contribution in [0.3, 0.4) is 0 Å². The van der Waals surface area contributed by atoms with Gasteiger partial charge in [-0.05, 0) is 6.42 Å². The SMILES string of the molecule is O=c1[nH]cnc2c1ncn2C1C=CC(CO)C1. The molecule has 0 aromatic carbocycles. The molecule has 0 radical (unpaired) electrons. The molecular formula is C11H12N4O2. The fraction of sp³-hybridized carbons (Fsp3) is 0.364. The predicted octanol–water partition coefficient (Wildman–Crippen LogP) is 0.229. The summed E-state index contributed by atoms with van der Waals surface area (Å²) in [6.07, 6.45) is 7.83. The summed E-state index contributed by atoms with van der Waals surface area (Å²) in [7, 11) is 0. The van der Waals surface area contributed by atoms with Gasteiger partial charge in [-0.2, -0.15) is 0 Å². The lowest BCUT2D eigenvalue weighted by molar-refractivity contribution is 0.244. The summed E-state index contributed by atoms with van der Waals surface area (Å²) in [4.78, 5) is 22.2. The van der Waals surface area contributed by atoms with Gasteiger partial charge in [0.05, 0.1) is 18.7 Å². The lowest BCUT2D eigenvalue weighted by Crippen LogP contribution is -2.10. The fourth-order valence-corrected chi connectivity index (χ4v) is 2.20. The first kappa shape index (κ1) is 10.2. The maximum absolute atomic E-state index is 11.5. The van der Waals surface area contributed by atoms with Crippen molar-refractivity contribution in [3.63, 3.8) is 0 Å². The number of H-pyrrole nitrogens is 1.